The number of carbonyl (C=O) groups is 1. The number of benzene rings is 3. The molecule has 0 radical (unpaired) electrons. The summed E-state index contributed by atoms with van der Waals surface area (Å²) in [5, 5.41) is 4.61. The zero-order chi connectivity index (χ0) is 21.4. The molecule has 1 aromatic heterocycles. The Balaban J connectivity index is 1.29. The summed E-state index contributed by atoms with van der Waals surface area (Å²) < 4.78 is 42.0. The molecule has 0 spiro atoms. The van der Waals surface area contributed by atoms with E-state index in [0.29, 0.717) is 30.4 Å². The molecule has 2 heterocycles. The Hall–Kier alpha value is -3.52. The van der Waals surface area contributed by atoms with Crippen LogP contribution in [0.3, 0.4) is 0 Å². The molecule has 5 rings (SSSR count). The standard InChI is InChI=1S/C23H19NO6S/c25-23(9-12-31(26,27)16-6-8-21-22(14-16)29-11-10-28-21)24-15-5-7-20-18(13-15)17-3-1-2-4-19(17)30-20/h1-8,13-14H,9-12H2,(H,24,25). The van der Waals surface area contributed by atoms with Crippen LogP contribution in [-0.2, 0) is 14.6 Å². The molecule has 3 aromatic carbocycles. The molecule has 0 atom stereocenters. The van der Waals surface area contributed by atoms with Gasteiger partial charge in [-0.05, 0) is 36.4 Å². The number of hydrogen-bond acceptors (Lipinski definition) is 6. The van der Waals surface area contributed by atoms with E-state index in [0.717, 1.165) is 21.9 Å². The van der Waals surface area contributed by atoms with Crippen LogP contribution >= 0.6 is 0 Å². The van der Waals surface area contributed by atoms with E-state index in [9.17, 15) is 13.2 Å². The Morgan fingerprint density at radius 3 is 2.52 bits per heavy atom. The number of furan rings is 1. The minimum absolute atomic E-state index is 0.107. The van der Waals surface area contributed by atoms with Crippen LogP contribution in [0, 0.1) is 0 Å². The highest BCUT2D eigenvalue weighted by molar-refractivity contribution is 7.91. The molecule has 31 heavy (non-hydrogen) atoms. The summed E-state index contributed by atoms with van der Waals surface area (Å²) in [7, 11) is -3.65. The van der Waals surface area contributed by atoms with Crippen molar-refractivity contribution in [2.75, 3.05) is 24.3 Å². The Bertz CT molecular complexity index is 1410. The molecule has 0 aliphatic carbocycles. The van der Waals surface area contributed by atoms with E-state index in [1.165, 1.54) is 12.1 Å². The molecular weight excluding hydrogens is 418 g/mol. The predicted octanol–water partition coefficient (Wildman–Crippen LogP) is 4.16. The summed E-state index contributed by atoms with van der Waals surface area (Å²) >= 11 is 0. The second-order valence-electron chi connectivity index (χ2n) is 7.23. The van der Waals surface area contributed by atoms with Crippen molar-refractivity contribution in [1.29, 1.82) is 0 Å². The largest absolute Gasteiger partial charge is 0.486 e. The van der Waals surface area contributed by atoms with Crippen LogP contribution in [0.1, 0.15) is 6.42 Å². The van der Waals surface area contributed by atoms with Gasteiger partial charge in [0.15, 0.2) is 21.3 Å². The van der Waals surface area contributed by atoms with Gasteiger partial charge in [0.25, 0.3) is 0 Å². The first-order valence-corrected chi connectivity index (χ1v) is 11.5. The minimum Gasteiger partial charge on any atom is -0.486 e. The Morgan fingerprint density at radius 2 is 1.65 bits per heavy atom. The summed E-state index contributed by atoms with van der Waals surface area (Å²) in [4.78, 5) is 12.5. The first kappa shape index (κ1) is 19.4. The van der Waals surface area contributed by atoms with Crippen molar-refractivity contribution in [2.45, 2.75) is 11.3 Å². The summed E-state index contributed by atoms with van der Waals surface area (Å²) in [6, 6.07) is 17.5. The van der Waals surface area contributed by atoms with Gasteiger partial charge in [-0.2, -0.15) is 0 Å². The van der Waals surface area contributed by atoms with Gasteiger partial charge in [0.1, 0.15) is 24.4 Å². The maximum absolute atomic E-state index is 12.7. The van der Waals surface area contributed by atoms with E-state index < -0.39 is 9.84 Å². The van der Waals surface area contributed by atoms with Crippen molar-refractivity contribution in [1.82, 2.24) is 0 Å². The fraction of sp³-hybridized carbons (Fsp3) is 0.174. The van der Waals surface area contributed by atoms with Crippen molar-refractivity contribution in [3.63, 3.8) is 0 Å². The van der Waals surface area contributed by atoms with Crippen LogP contribution in [0.25, 0.3) is 21.9 Å². The molecule has 0 saturated carbocycles. The highest BCUT2D eigenvalue weighted by atomic mass is 32.2. The van der Waals surface area contributed by atoms with E-state index in [2.05, 4.69) is 5.32 Å². The summed E-state index contributed by atoms with van der Waals surface area (Å²) in [6.45, 7) is 0.800. The van der Waals surface area contributed by atoms with Crippen LogP contribution in [0.15, 0.2) is 70.0 Å². The molecule has 0 saturated heterocycles. The quantitative estimate of drug-likeness (QED) is 0.504. The number of sulfone groups is 1. The van der Waals surface area contributed by atoms with Gasteiger partial charge < -0.3 is 19.2 Å². The summed E-state index contributed by atoms with van der Waals surface area (Å²) in [5.74, 6) is 0.228. The minimum atomic E-state index is -3.65. The fourth-order valence-electron chi connectivity index (χ4n) is 3.59. The maximum atomic E-state index is 12.7. The lowest BCUT2D eigenvalue weighted by molar-refractivity contribution is -0.115. The third-order valence-corrected chi connectivity index (χ3v) is 6.84. The monoisotopic (exact) mass is 437 g/mol. The van der Waals surface area contributed by atoms with Crippen molar-refractivity contribution >= 4 is 43.4 Å². The predicted molar refractivity (Wildman–Crippen MR) is 116 cm³/mol. The molecule has 0 unspecified atom stereocenters. The Labute approximate surface area is 178 Å². The molecule has 1 aliphatic heterocycles. The molecule has 0 fully saturated rings. The van der Waals surface area contributed by atoms with E-state index in [1.54, 1.807) is 18.2 Å². The van der Waals surface area contributed by atoms with Gasteiger partial charge in [-0.1, -0.05) is 18.2 Å². The normalized spacial score (nSPS) is 13.4. The van der Waals surface area contributed by atoms with Crippen LogP contribution in [0.5, 0.6) is 11.5 Å². The number of carbonyl (C=O) groups excluding carboxylic acids is 1. The molecule has 1 N–H and O–H groups in total. The first-order chi connectivity index (χ1) is 15.0. The number of para-hydroxylation sites is 1. The lowest BCUT2D eigenvalue weighted by atomic mass is 10.1. The van der Waals surface area contributed by atoms with Gasteiger partial charge in [0, 0.05) is 28.9 Å². The van der Waals surface area contributed by atoms with E-state index in [1.807, 2.05) is 30.3 Å². The van der Waals surface area contributed by atoms with Gasteiger partial charge in [0.2, 0.25) is 5.91 Å². The van der Waals surface area contributed by atoms with E-state index in [4.69, 9.17) is 13.9 Å². The van der Waals surface area contributed by atoms with Crippen LogP contribution in [0.4, 0.5) is 5.69 Å². The number of nitrogens with one attached hydrogen (secondary N) is 1. The third kappa shape index (κ3) is 3.82. The fourth-order valence-corrected chi connectivity index (χ4v) is 4.84. The highest BCUT2D eigenvalue weighted by Gasteiger charge is 2.21. The van der Waals surface area contributed by atoms with Crippen LogP contribution in [0.2, 0.25) is 0 Å². The Kier molecular flexibility index (Phi) is 4.78. The average molecular weight is 437 g/mol. The molecule has 0 bridgehead atoms. The molecule has 1 aliphatic rings. The molecule has 4 aromatic rings. The smallest absolute Gasteiger partial charge is 0.225 e. The van der Waals surface area contributed by atoms with Crippen molar-refractivity contribution in [2.24, 2.45) is 0 Å². The molecule has 8 heteroatoms. The van der Waals surface area contributed by atoms with Crippen molar-refractivity contribution in [3.8, 4) is 11.5 Å². The zero-order valence-corrected chi connectivity index (χ0v) is 17.3. The van der Waals surface area contributed by atoms with Gasteiger partial charge in [-0.15, -0.1) is 0 Å². The number of fused-ring (bicyclic) bond motifs is 4. The number of rotatable bonds is 5. The lowest BCUT2D eigenvalue weighted by Gasteiger charge is -2.18. The van der Waals surface area contributed by atoms with E-state index >= 15 is 0 Å². The number of amides is 1. The van der Waals surface area contributed by atoms with Gasteiger partial charge in [0.05, 0.1) is 10.6 Å². The van der Waals surface area contributed by atoms with Crippen LogP contribution in [-0.4, -0.2) is 33.3 Å². The third-order valence-electron chi connectivity index (χ3n) is 5.13. The topological polar surface area (TPSA) is 94.8 Å². The zero-order valence-electron chi connectivity index (χ0n) is 16.5. The Morgan fingerprint density at radius 1 is 0.871 bits per heavy atom. The maximum Gasteiger partial charge on any atom is 0.225 e. The lowest BCUT2D eigenvalue weighted by Crippen LogP contribution is -2.18. The van der Waals surface area contributed by atoms with Gasteiger partial charge in [-0.3, -0.25) is 4.79 Å². The average Bonchev–Trinajstić information content (AvgIpc) is 3.15. The van der Waals surface area contributed by atoms with Crippen molar-refractivity contribution in [3.05, 3.63) is 60.7 Å². The van der Waals surface area contributed by atoms with Crippen molar-refractivity contribution < 1.29 is 27.1 Å². The number of ether oxygens (including phenoxy) is 2. The molecule has 158 valence electrons. The summed E-state index contributed by atoms with van der Waals surface area (Å²) in [5.41, 5.74) is 2.08. The highest BCUT2D eigenvalue weighted by Crippen LogP contribution is 2.33. The second kappa shape index (κ2) is 7.63. The SMILES string of the molecule is O=C(CCS(=O)(=O)c1ccc2c(c1)OCCO2)Nc1ccc2oc3ccccc3c2c1. The van der Waals surface area contributed by atoms with E-state index in [-0.39, 0.29) is 23.0 Å². The molecule has 7 nitrogen and oxygen atoms in total. The van der Waals surface area contributed by atoms with Gasteiger partial charge in [-0.25, -0.2) is 8.42 Å². The first-order valence-electron chi connectivity index (χ1n) is 9.83. The number of anilines is 1. The number of hydrogen-bond donors (Lipinski definition) is 1. The second-order valence-corrected chi connectivity index (χ2v) is 9.34. The van der Waals surface area contributed by atoms with Gasteiger partial charge >= 0.3 is 0 Å². The molecule has 1 amide bonds. The molecular formula is C23H19NO6S. The van der Waals surface area contributed by atoms with Crippen LogP contribution < -0.4 is 14.8 Å². The summed E-state index contributed by atoms with van der Waals surface area (Å²) in [6.07, 6.45) is -0.166.